The van der Waals surface area contributed by atoms with Gasteiger partial charge in [-0.15, -0.1) is 0 Å². The Kier molecular flexibility index (Phi) is 9.53. The minimum atomic E-state index is 0.0592. The summed E-state index contributed by atoms with van der Waals surface area (Å²) in [7, 11) is 0. The van der Waals surface area contributed by atoms with Crippen molar-refractivity contribution in [3.63, 3.8) is 0 Å². The fraction of sp³-hybridized carbons (Fsp3) is 0.600. The van der Waals surface area contributed by atoms with Crippen molar-refractivity contribution in [3.8, 4) is 0 Å². The molecule has 0 bridgehead atoms. The van der Waals surface area contributed by atoms with Gasteiger partial charge in [-0.2, -0.15) is 0 Å². The smallest absolute Gasteiger partial charge is 0.151 e. The Labute approximate surface area is 209 Å². The molecule has 2 aromatic rings. The van der Waals surface area contributed by atoms with E-state index < -0.39 is 0 Å². The molecule has 0 saturated carbocycles. The highest BCUT2D eigenvalue weighted by atomic mass is 14.9. The van der Waals surface area contributed by atoms with E-state index in [1.54, 1.807) is 0 Å². The minimum absolute atomic E-state index is 0.0592. The topological polar surface area (TPSA) is 50.5 Å². The summed E-state index contributed by atoms with van der Waals surface area (Å²) in [4.78, 5) is 18.2. The summed E-state index contributed by atoms with van der Waals surface area (Å²) in [5.74, 6) is 1.61. The fourth-order valence-electron chi connectivity index (χ4n) is 4.26. The summed E-state index contributed by atoms with van der Waals surface area (Å²) >= 11 is 0. The number of aromatic nitrogens is 2. The molecule has 4 heteroatoms. The normalized spacial score (nSPS) is 12.4. The molecule has 188 valence electrons. The van der Waals surface area contributed by atoms with Crippen molar-refractivity contribution in [2.24, 2.45) is 31.6 Å². The Bertz CT molecular complexity index is 952. The molecule has 0 saturated heterocycles. The maximum Gasteiger partial charge on any atom is 0.151 e. The van der Waals surface area contributed by atoms with Crippen molar-refractivity contribution in [2.75, 3.05) is 0 Å². The van der Waals surface area contributed by atoms with Crippen LogP contribution in [-0.4, -0.2) is 21.4 Å². The highest BCUT2D eigenvalue weighted by Crippen LogP contribution is 2.33. The van der Waals surface area contributed by atoms with Crippen LogP contribution in [-0.2, 0) is 0 Å². The van der Waals surface area contributed by atoms with Crippen molar-refractivity contribution in [1.29, 1.82) is 0 Å². The Hall–Kier alpha value is -2.36. The van der Waals surface area contributed by atoms with E-state index in [9.17, 15) is 0 Å². The van der Waals surface area contributed by atoms with E-state index in [2.05, 4.69) is 106 Å². The summed E-state index contributed by atoms with van der Waals surface area (Å²) in [6.07, 6.45) is 3.68. The van der Waals surface area contributed by atoms with Crippen LogP contribution in [0.25, 0.3) is 0 Å². The first-order chi connectivity index (χ1) is 15.2. The van der Waals surface area contributed by atoms with Crippen LogP contribution in [0.15, 0.2) is 46.6 Å². The average Bonchev–Trinajstić information content (AvgIpc) is 2.62. The molecule has 0 N–H and O–H groups in total. The summed E-state index contributed by atoms with van der Waals surface area (Å²) < 4.78 is 0. The zero-order chi connectivity index (χ0) is 26.5. The van der Waals surface area contributed by atoms with Gasteiger partial charge in [0.2, 0.25) is 0 Å². The minimum Gasteiger partial charge on any atom is -0.237 e. The third kappa shape index (κ3) is 9.87. The summed E-state index contributed by atoms with van der Waals surface area (Å²) in [6.45, 7) is 30.5. The average molecular weight is 465 g/mol. The summed E-state index contributed by atoms with van der Waals surface area (Å²) in [5, 5.41) is 0. The highest BCUT2D eigenvalue weighted by Gasteiger charge is 2.31. The molecule has 0 amide bonds. The van der Waals surface area contributed by atoms with Crippen LogP contribution in [0, 0.1) is 35.5 Å². The quantitative estimate of drug-likeness (QED) is 0.416. The molecule has 4 nitrogen and oxygen atoms in total. The molecule has 2 heterocycles. The molecule has 2 aromatic heterocycles. The van der Waals surface area contributed by atoms with Crippen LogP contribution >= 0.6 is 0 Å². The number of nitrogens with zero attached hydrogens (tertiary/aromatic N) is 4. The third-order valence-electron chi connectivity index (χ3n) is 5.09. The van der Waals surface area contributed by atoms with Gasteiger partial charge in [-0.25, -0.2) is 20.0 Å². The molecule has 0 aliphatic carbocycles. The first kappa shape index (κ1) is 29.7. The third-order valence-corrected chi connectivity index (χ3v) is 5.09. The van der Waals surface area contributed by atoms with Gasteiger partial charge in [-0.3, -0.25) is 0 Å². The van der Waals surface area contributed by atoms with Crippen molar-refractivity contribution in [2.45, 2.75) is 96.9 Å². The maximum atomic E-state index is 4.77. The molecular formula is C30H48N4. The van der Waals surface area contributed by atoms with Crippen molar-refractivity contribution in [1.82, 2.24) is 9.97 Å². The standard InChI is InChI=1S/2C15H24N2/c1-11-8-9-16-12(10-11)17-13(14(2,3)4)15(5,6)7;1-11-8-9-12(16-10-11)17-13(14(2,3)4)15(5,6)7/h2*8-10H,1-7H3. The molecule has 0 unspecified atom stereocenters. The van der Waals surface area contributed by atoms with Crippen molar-refractivity contribution in [3.05, 3.63) is 47.8 Å². The molecule has 0 aliphatic heterocycles. The van der Waals surface area contributed by atoms with Gasteiger partial charge in [0.25, 0.3) is 0 Å². The van der Waals surface area contributed by atoms with E-state index in [0.717, 1.165) is 17.2 Å². The Morgan fingerprint density at radius 3 is 1.35 bits per heavy atom. The van der Waals surface area contributed by atoms with Gasteiger partial charge in [-0.1, -0.05) is 89.2 Å². The Balaban J connectivity index is 0.000000340. The number of hydrogen-bond acceptors (Lipinski definition) is 4. The molecule has 0 radical (unpaired) electrons. The molecule has 34 heavy (non-hydrogen) atoms. The second-order valence-corrected chi connectivity index (χ2v) is 13.3. The van der Waals surface area contributed by atoms with E-state index in [1.807, 2.05) is 37.5 Å². The van der Waals surface area contributed by atoms with Gasteiger partial charge in [0, 0.05) is 45.5 Å². The zero-order valence-corrected chi connectivity index (χ0v) is 24.3. The Morgan fingerprint density at radius 2 is 1.00 bits per heavy atom. The molecule has 0 aliphatic rings. The van der Waals surface area contributed by atoms with Crippen LogP contribution in [0.4, 0.5) is 11.6 Å². The van der Waals surface area contributed by atoms with Crippen LogP contribution < -0.4 is 0 Å². The molecule has 0 fully saturated rings. The van der Waals surface area contributed by atoms with E-state index in [0.29, 0.717) is 0 Å². The molecule has 2 rings (SSSR count). The SMILES string of the molecule is Cc1ccc(N=C(C(C)(C)C)C(C)(C)C)nc1.Cc1ccnc(N=C(C(C)(C)C)C(C)(C)C)c1. The van der Waals surface area contributed by atoms with Crippen molar-refractivity contribution < 1.29 is 0 Å². The molecular weight excluding hydrogens is 416 g/mol. The lowest BCUT2D eigenvalue weighted by Crippen LogP contribution is -2.32. The zero-order valence-electron chi connectivity index (χ0n) is 24.3. The monoisotopic (exact) mass is 464 g/mol. The summed E-state index contributed by atoms with van der Waals surface area (Å²) in [6, 6.07) is 8.05. The maximum absolute atomic E-state index is 4.77. The second kappa shape index (κ2) is 10.9. The van der Waals surface area contributed by atoms with E-state index >= 15 is 0 Å². The molecule has 0 aromatic carbocycles. The lowest BCUT2D eigenvalue weighted by atomic mass is 9.75. The van der Waals surface area contributed by atoms with E-state index in [4.69, 9.17) is 9.98 Å². The fourth-order valence-corrected chi connectivity index (χ4v) is 4.26. The number of hydrogen-bond donors (Lipinski definition) is 0. The number of aryl methyl sites for hydroxylation is 2. The number of aliphatic imine (C=N–C) groups is 2. The van der Waals surface area contributed by atoms with Crippen LogP contribution in [0.2, 0.25) is 0 Å². The predicted octanol–water partition coefficient (Wildman–Crippen LogP) is 9.11. The second-order valence-electron chi connectivity index (χ2n) is 13.3. The largest absolute Gasteiger partial charge is 0.237 e. The van der Waals surface area contributed by atoms with Crippen LogP contribution in [0.3, 0.4) is 0 Å². The predicted molar refractivity (Wildman–Crippen MR) is 150 cm³/mol. The van der Waals surface area contributed by atoms with Gasteiger partial charge in [0.05, 0.1) is 0 Å². The first-order valence-corrected chi connectivity index (χ1v) is 12.3. The van der Waals surface area contributed by atoms with Gasteiger partial charge in [0.15, 0.2) is 11.6 Å². The summed E-state index contributed by atoms with van der Waals surface area (Å²) in [5.41, 5.74) is 4.96. The van der Waals surface area contributed by atoms with Crippen LogP contribution in [0.1, 0.15) is 94.2 Å². The number of pyridine rings is 2. The van der Waals surface area contributed by atoms with E-state index in [1.165, 1.54) is 17.0 Å². The van der Waals surface area contributed by atoms with E-state index in [-0.39, 0.29) is 21.7 Å². The van der Waals surface area contributed by atoms with Gasteiger partial charge < -0.3 is 0 Å². The van der Waals surface area contributed by atoms with Crippen LogP contribution in [0.5, 0.6) is 0 Å². The van der Waals surface area contributed by atoms with Gasteiger partial charge in [-0.05, 0) is 43.2 Å². The Morgan fingerprint density at radius 1 is 0.559 bits per heavy atom. The van der Waals surface area contributed by atoms with Gasteiger partial charge >= 0.3 is 0 Å². The highest BCUT2D eigenvalue weighted by molar-refractivity contribution is 5.95. The molecule has 0 atom stereocenters. The van der Waals surface area contributed by atoms with Gasteiger partial charge in [0.1, 0.15) is 0 Å². The lowest BCUT2D eigenvalue weighted by molar-refractivity contribution is 0.479. The first-order valence-electron chi connectivity index (χ1n) is 12.3. The molecule has 0 spiro atoms. The lowest BCUT2D eigenvalue weighted by Gasteiger charge is -2.32. The van der Waals surface area contributed by atoms with Crippen molar-refractivity contribution >= 4 is 23.1 Å². The number of rotatable bonds is 2.